The van der Waals surface area contributed by atoms with E-state index in [9.17, 15) is 19.1 Å². The number of aromatic nitrogens is 1. The number of pyridine rings is 1. The Balaban J connectivity index is 1.41. The van der Waals surface area contributed by atoms with Gasteiger partial charge in [-0.2, -0.15) is 0 Å². The van der Waals surface area contributed by atoms with Crippen molar-refractivity contribution in [3.05, 3.63) is 149 Å². The summed E-state index contributed by atoms with van der Waals surface area (Å²) in [7, 11) is 0. The molecule has 2 aromatic heterocycles. The molecule has 0 aliphatic heterocycles. The van der Waals surface area contributed by atoms with Gasteiger partial charge in [0.05, 0.1) is 22.7 Å². The molecule has 0 bridgehead atoms. The molecule has 2 heterocycles. The number of carboxylic acids is 1. The quantitative estimate of drug-likeness (QED) is 0.209. The number of amides is 1. The Labute approximate surface area is 240 Å². The third kappa shape index (κ3) is 5.12. The summed E-state index contributed by atoms with van der Waals surface area (Å²) >= 11 is 0. The van der Waals surface area contributed by atoms with Crippen LogP contribution in [0.3, 0.4) is 0 Å². The fourth-order valence-electron chi connectivity index (χ4n) is 5.33. The van der Waals surface area contributed by atoms with Crippen molar-refractivity contribution in [2.45, 2.75) is 19.4 Å². The van der Waals surface area contributed by atoms with Crippen LogP contribution in [0.25, 0.3) is 27.4 Å². The van der Waals surface area contributed by atoms with E-state index < -0.39 is 12.0 Å². The summed E-state index contributed by atoms with van der Waals surface area (Å²) in [6.45, 7) is 1.82. The summed E-state index contributed by atoms with van der Waals surface area (Å²) in [6.07, 6.45) is 3.98. The number of carbonyl (C=O) groups is 2. The number of nitrogens with one attached hydrogen (secondary N) is 1. The Morgan fingerprint density at radius 2 is 1.60 bits per heavy atom. The molecule has 0 unspecified atom stereocenters. The van der Waals surface area contributed by atoms with Gasteiger partial charge < -0.3 is 14.8 Å². The molecule has 0 spiro atoms. The van der Waals surface area contributed by atoms with Gasteiger partial charge in [0.25, 0.3) is 5.91 Å². The van der Waals surface area contributed by atoms with Gasteiger partial charge in [-0.3, -0.25) is 4.79 Å². The normalized spacial score (nSPS) is 12.0. The SMILES string of the molecule is C[C@H](NC(=O)c1cc(-c2ccc(F)cc2)cn2ccc(Cc3ccc4ccccc4c3F)c12)c1ccc(C(=O)O)cc1. The predicted molar refractivity (Wildman–Crippen MR) is 159 cm³/mol. The summed E-state index contributed by atoms with van der Waals surface area (Å²) in [5.74, 6) is -2.03. The van der Waals surface area contributed by atoms with Gasteiger partial charge in [-0.25, -0.2) is 13.6 Å². The predicted octanol–water partition coefficient (Wildman–Crippen LogP) is 7.82. The standard InChI is InChI=1S/C35H26F2N2O3/c1-21(22-6-9-25(10-7-22)35(41)42)38-34(40)31-19-28(23-12-14-29(36)15-13-23)20-39-17-16-27(33(31)39)18-26-11-8-24-4-2-3-5-30(24)32(26)37/h2-17,19-21H,18H2,1H3,(H,38,40)(H,41,42)/t21-/m0/s1. The Bertz CT molecular complexity index is 1960. The minimum Gasteiger partial charge on any atom is -0.478 e. The molecule has 42 heavy (non-hydrogen) atoms. The molecule has 0 saturated carbocycles. The van der Waals surface area contributed by atoms with E-state index in [-0.39, 0.29) is 29.5 Å². The summed E-state index contributed by atoms with van der Waals surface area (Å²) in [5.41, 5.74) is 4.66. The van der Waals surface area contributed by atoms with Gasteiger partial charge in [-0.15, -0.1) is 0 Å². The Morgan fingerprint density at radius 1 is 0.857 bits per heavy atom. The maximum atomic E-state index is 15.5. The van der Waals surface area contributed by atoms with Crippen molar-refractivity contribution in [2.24, 2.45) is 0 Å². The van der Waals surface area contributed by atoms with Crippen molar-refractivity contribution < 1.29 is 23.5 Å². The molecular formula is C35H26F2N2O3. The van der Waals surface area contributed by atoms with Crippen LogP contribution >= 0.6 is 0 Å². The Hall–Kier alpha value is -5.30. The van der Waals surface area contributed by atoms with Crippen LogP contribution in [0.2, 0.25) is 0 Å². The molecule has 0 radical (unpaired) electrons. The first-order valence-corrected chi connectivity index (χ1v) is 13.5. The van der Waals surface area contributed by atoms with Crippen LogP contribution in [0, 0.1) is 11.6 Å². The van der Waals surface area contributed by atoms with E-state index in [0.29, 0.717) is 27.6 Å². The number of benzene rings is 4. The lowest BCUT2D eigenvalue weighted by Gasteiger charge is -2.17. The highest BCUT2D eigenvalue weighted by Crippen LogP contribution is 2.30. The number of hydrogen-bond donors (Lipinski definition) is 2. The van der Waals surface area contributed by atoms with Gasteiger partial charge in [-0.05, 0) is 76.5 Å². The average Bonchev–Trinajstić information content (AvgIpc) is 3.41. The van der Waals surface area contributed by atoms with Crippen molar-refractivity contribution in [3.63, 3.8) is 0 Å². The van der Waals surface area contributed by atoms with E-state index in [1.54, 1.807) is 48.5 Å². The highest BCUT2D eigenvalue weighted by molar-refractivity contribution is 6.03. The second-order valence-corrected chi connectivity index (χ2v) is 10.3. The zero-order valence-corrected chi connectivity index (χ0v) is 22.6. The smallest absolute Gasteiger partial charge is 0.335 e. The molecule has 6 rings (SSSR count). The van der Waals surface area contributed by atoms with Gasteiger partial charge in [0, 0.05) is 24.2 Å². The van der Waals surface area contributed by atoms with Crippen LogP contribution in [0.5, 0.6) is 0 Å². The van der Waals surface area contributed by atoms with Gasteiger partial charge in [0.1, 0.15) is 11.6 Å². The summed E-state index contributed by atoms with van der Waals surface area (Å²) in [4.78, 5) is 25.1. The maximum absolute atomic E-state index is 15.5. The molecule has 1 amide bonds. The Morgan fingerprint density at radius 3 is 2.33 bits per heavy atom. The minimum atomic E-state index is -1.03. The highest BCUT2D eigenvalue weighted by Gasteiger charge is 2.20. The molecule has 0 aliphatic rings. The van der Waals surface area contributed by atoms with Crippen LogP contribution in [0.1, 0.15) is 50.4 Å². The maximum Gasteiger partial charge on any atom is 0.335 e. The van der Waals surface area contributed by atoms with Gasteiger partial charge in [0.2, 0.25) is 0 Å². The summed E-state index contributed by atoms with van der Waals surface area (Å²) < 4.78 is 31.0. The van der Waals surface area contributed by atoms with Gasteiger partial charge in [0.15, 0.2) is 0 Å². The number of fused-ring (bicyclic) bond motifs is 2. The van der Waals surface area contributed by atoms with Crippen molar-refractivity contribution >= 4 is 28.2 Å². The molecule has 208 valence electrons. The third-order valence-electron chi connectivity index (χ3n) is 7.58. The first-order valence-electron chi connectivity index (χ1n) is 13.5. The monoisotopic (exact) mass is 560 g/mol. The first-order chi connectivity index (χ1) is 20.3. The number of carboxylic acid groups (broad SMARTS) is 1. The number of nitrogens with zero attached hydrogens (tertiary/aromatic N) is 1. The number of aromatic carboxylic acids is 1. The van der Waals surface area contributed by atoms with E-state index in [2.05, 4.69) is 5.32 Å². The molecular weight excluding hydrogens is 534 g/mol. The van der Waals surface area contributed by atoms with Crippen molar-refractivity contribution in [1.29, 1.82) is 0 Å². The minimum absolute atomic E-state index is 0.157. The number of carbonyl (C=O) groups excluding carboxylic acids is 1. The van der Waals surface area contributed by atoms with E-state index >= 15 is 4.39 Å². The van der Waals surface area contributed by atoms with Crippen LogP contribution in [0.15, 0.2) is 109 Å². The second kappa shape index (κ2) is 10.9. The summed E-state index contributed by atoms with van der Waals surface area (Å²) in [5, 5.41) is 13.6. The van der Waals surface area contributed by atoms with Crippen LogP contribution < -0.4 is 5.32 Å². The molecule has 5 nitrogen and oxygen atoms in total. The highest BCUT2D eigenvalue weighted by atomic mass is 19.1. The first kappa shape index (κ1) is 26.9. The van der Waals surface area contributed by atoms with Crippen LogP contribution in [0.4, 0.5) is 8.78 Å². The number of rotatable bonds is 7. The van der Waals surface area contributed by atoms with Crippen molar-refractivity contribution in [1.82, 2.24) is 9.72 Å². The van der Waals surface area contributed by atoms with Crippen LogP contribution in [-0.4, -0.2) is 21.4 Å². The molecule has 4 aromatic carbocycles. The Kier molecular flexibility index (Phi) is 7.00. The lowest BCUT2D eigenvalue weighted by molar-refractivity contribution is 0.0696. The summed E-state index contributed by atoms with van der Waals surface area (Å²) in [6, 6.07) is 26.6. The lowest BCUT2D eigenvalue weighted by atomic mass is 9.98. The molecule has 0 fully saturated rings. The zero-order chi connectivity index (χ0) is 29.4. The molecule has 7 heteroatoms. The van der Waals surface area contributed by atoms with Crippen LogP contribution in [-0.2, 0) is 6.42 Å². The van der Waals surface area contributed by atoms with Gasteiger partial charge in [-0.1, -0.05) is 60.7 Å². The van der Waals surface area contributed by atoms with Crippen molar-refractivity contribution in [3.8, 4) is 11.1 Å². The number of hydrogen-bond acceptors (Lipinski definition) is 2. The molecule has 1 atom stereocenters. The largest absolute Gasteiger partial charge is 0.478 e. The van der Waals surface area contributed by atoms with Gasteiger partial charge >= 0.3 is 5.97 Å². The zero-order valence-electron chi connectivity index (χ0n) is 22.6. The molecule has 2 N–H and O–H groups in total. The second-order valence-electron chi connectivity index (χ2n) is 10.3. The third-order valence-corrected chi connectivity index (χ3v) is 7.58. The topological polar surface area (TPSA) is 70.8 Å². The fourth-order valence-corrected chi connectivity index (χ4v) is 5.33. The fraction of sp³-hybridized carbons (Fsp3) is 0.0857. The molecule has 0 aliphatic carbocycles. The average molecular weight is 561 g/mol. The molecule has 0 saturated heterocycles. The molecule has 6 aromatic rings. The van der Waals surface area contributed by atoms with E-state index in [1.165, 1.54) is 24.3 Å². The van der Waals surface area contributed by atoms with Crippen molar-refractivity contribution in [2.75, 3.05) is 0 Å². The lowest BCUT2D eigenvalue weighted by Crippen LogP contribution is -2.27. The van der Waals surface area contributed by atoms with E-state index in [0.717, 1.165) is 22.1 Å². The van der Waals surface area contributed by atoms with E-state index in [4.69, 9.17) is 0 Å². The number of halogens is 2. The van der Waals surface area contributed by atoms with E-state index in [1.807, 2.05) is 48.0 Å².